The monoisotopic (exact) mass is 275 g/mol. The summed E-state index contributed by atoms with van der Waals surface area (Å²) >= 11 is 5.20. The van der Waals surface area contributed by atoms with Crippen molar-refractivity contribution in [2.24, 2.45) is 11.7 Å². The molecule has 0 amide bonds. The zero-order valence-corrected chi connectivity index (χ0v) is 11.2. The molecule has 14 heavy (non-hydrogen) atoms. The van der Waals surface area contributed by atoms with Gasteiger partial charge in [0.25, 0.3) is 0 Å². The van der Waals surface area contributed by atoms with E-state index in [4.69, 9.17) is 5.73 Å². The zero-order chi connectivity index (χ0) is 10.6. The molecule has 3 heteroatoms. The summed E-state index contributed by atoms with van der Waals surface area (Å²) in [5.74, 6) is 0.769. The van der Waals surface area contributed by atoms with Crippen molar-refractivity contribution in [3.8, 4) is 0 Å². The summed E-state index contributed by atoms with van der Waals surface area (Å²) in [6, 6.07) is 2.36. The molecule has 0 saturated heterocycles. The summed E-state index contributed by atoms with van der Waals surface area (Å²) < 4.78 is 1.15. The second kappa shape index (κ2) is 5.89. The van der Waals surface area contributed by atoms with E-state index in [1.807, 2.05) is 0 Å². The van der Waals surface area contributed by atoms with Crippen molar-refractivity contribution in [1.82, 2.24) is 0 Å². The highest BCUT2D eigenvalue weighted by molar-refractivity contribution is 9.10. The molecule has 0 saturated carbocycles. The van der Waals surface area contributed by atoms with E-state index in [2.05, 4.69) is 41.2 Å². The first-order chi connectivity index (χ1) is 6.67. The van der Waals surface area contributed by atoms with Gasteiger partial charge in [-0.1, -0.05) is 26.7 Å². The van der Waals surface area contributed by atoms with Crippen molar-refractivity contribution in [2.75, 3.05) is 0 Å². The third kappa shape index (κ3) is 3.37. The summed E-state index contributed by atoms with van der Waals surface area (Å²) in [6.07, 6.45) is 3.58. The highest BCUT2D eigenvalue weighted by Gasteiger charge is 2.13. The molecule has 0 aliphatic rings. The Morgan fingerprint density at radius 2 is 2.07 bits per heavy atom. The maximum absolute atomic E-state index is 6.15. The van der Waals surface area contributed by atoms with Crippen molar-refractivity contribution < 1.29 is 0 Å². The molecular weight excluding hydrogens is 258 g/mol. The molecule has 2 N–H and O–H groups in total. The Morgan fingerprint density at radius 3 is 2.50 bits per heavy atom. The fraction of sp³-hybridized carbons (Fsp3) is 0.636. The van der Waals surface area contributed by atoms with Gasteiger partial charge in [-0.25, -0.2) is 0 Å². The third-order valence-corrected chi connectivity index (χ3v) is 4.52. The second-order valence-electron chi connectivity index (χ2n) is 3.69. The predicted octanol–water partition coefficient (Wildman–Crippen LogP) is 4.34. The van der Waals surface area contributed by atoms with Gasteiger partial charge in [0.2, 0.25) is 0 Å². The van der Waals surface area contributed by atoms with Crippen molar-refractivity contribution in [1.29, 1.82) is 0 Å². The van der Waals surface area contributed by atoms with Gasteiger partial charge in [-0.2, -0.15) is 0 Å². The van der Waals surface area contributed by atoms with Crippen molar-refractivity contribution in [2.45, 2.75) is 39.2 Å². The van der Waals surface area contributed by atoms with Crippen LogP contribution in [0.1, 0.15) is 44.0 Å². The summed E-state index contributed by atoms with van der Waals surface area (Å²) in [5.41, 5.74) is 6.15. The van der Waals surface area contributed by atoms with E-state index < -0.39 is 0 Å². The molecule has 0 fully saturated rings. The van der Waals surface area contributed by atoms with E-state index in [0.29, 0.717) is 0 Å². The predicted molar refractivity (Wildman–Crippen MR) is 67.6 cm³/mol. The van der Waals surface area contributed by atoms with Crippen molar-refractivity contribution in [3.63, 3.8) is 0 Å². The van der Waals surface area contributed by atoms with Crippen LogP contribution < -0.4 is 5.73 Å². The largest absolute Gasteiger partial charge is 0.323 e. The van der Waals surface area contributed by atoms with Gasteiger partial charge in [-0.3, -0.25) is 0 Å². The average Bonchev–Trinajstić information content (AvgIpc) is 2.61. The van der Waals surface area contributed by atoms with Gasteiger partial charge >= 0.3 is 0 Å². The molecule has 0 aromatic carbocycles. The minimum atomic E-state index is 0.219. The first-order valence-electron chi connectivity index (χ1n) is 5.16. The van der Waals surface area contributed by atoms with Gasteiger partial charge in [0.15, 0.2) is 0 Å². The lowest BCUT2D eigenvalue weighted by molar-refractivity contribution is 0.417. The van der Waals surface area contributed by atoms with Crippen LogP contribution in [0.5, 0.6) is 0 Å². The maximum atomic E-state index is 6.15. The number of nitrogens with two attached hydrogens (primary N) is 1. The Morgan fingerprint density at radius 1 is 1.43 bits per heavy atom. The molecule has 1 rings (SSSR count). The highest BCUT2D eigenvalue weighted by atomic mass is 79.9. The summed E-state index contributed by atoms with van der Waals surface area (Å²) in [4.78, 5) is 1.30. The van der Waals surface area contributed by atoms with Gasteiger partial charge in [-0.05, 0) is 34.3 Å². The third-order valence-electron chi connectivity index (χ3n) is 2.70. The lowest BCUT2D eigenvalue weighted by Gasteiger charge is -2.16. The Balaban J connectivity index is 2.53. The van der Waals surface area contributed by atoms with Crippen LogP contribution in [0.25, 0.3) is 0 Å². The van der Waals surface area contributed by atoms with E-state index in [1.54, 1.807) is 11.3 Å². The van der Waals surface area contributed by atoms with Gasteiger partial charge in [0.1, 0.15) is 0 Å². The van der Waals surface area contributed by atoms with E-state index >= 15 is 0 Å². The lowest BCUT2D eigenvalue weighted by atomic mass is 9.94. The molecule has 0 aliphatic heterocycles. The Hall–Kier alpha value is 0.140. The quantitative estimate of drug-likeness (QED) is 0.850. The van der Waals surface area contributed by atoms with Gasteiger partial charge in [0.05, 0.1) is 0 Å². The molecular formula is C11H18BrNS. The minimum absolute atomic E-state index is 0.219. The highest BCUT2D eigenvalue weighted by Crippen LogP contribution is 2.29. The van der Waals surface area contributed by atoms with E-state index in [9.17, 15) is 0 Å². The molecule has 1 aromatic rings. The van der Waals surface area contributed by atoms with Crippen LogP contribution in [0.15, 0.2) is 15.9 Å². The SMILES string of the molecule is CCC(CC)CC(N)c1cc(Br)cs1. The van der Waals surface area contributed by atoms with Crippen LogP contribution in [0.2, 0.25) is 0 Å². The van der Waals surface area contributed by atoms with Crippen LogP contribution in [0.4, 0.5) is 0 Å². The second-order valence-corrected chi connectivity index (χ2v) is 5.55. The van der Waals surface area contributed by atoms with Crippen LogP contribution in [0, 0.1) is 5.92 Å². The standard InChI is InChI=1S/C11H18BrNS/c1-3-8(4-2)5-10(13)11-6-9(12)7-14-11/h6-8,10H,3-5,13H2,1-2H3. The van der Waals surface area contributed by atoms with Gasteiger partial charge in [-0.15, -0.1) is 11.3 Å². The number of rotatable bonds is 5. The van der Waals surface area contributed by atoms with Gasteiger partial charge < -0.3 is 5.73 Å². The van der Waals surface area contributed by atoms with Crippen LogP contribution in [-0.4, -0.2) is 0 Å². The van der Waals surface area contributed by atoms with E-state index in [-0.39, 0.29) is 6.04 Å². The molecule has 1 nitrogen and oxygen atoms in total. The van der Waals surface area contributed by atoms with E-state index in [0.717, 1.165) is 16.8 Å². The fourth-order valence-corrected chi connectivity index (χ4v) is 3.08. The first-order valence-corrected chi connectivity index (χ1v) is 6.84. The molecule has 80 valence electrons. The average molecular weight is 276 g/mol. The van der Waals surface area contributed by atoms with Crippen LogP contribution in [0.3, 0.4) is 0 Å². The zero-order valence-electron chi connectivity index (χ0n) is 8.79. The van der Waals surface area contributed by atoms with Crippen molar-refractivity contribution in [3.05, 3.63) is 20.8 Å². The number of hydrogen-bond acceptors (Lipinski definition) is 2. The molecule has 1 heterocycles. The molecule has 0 bridgehead atoms. The fourth-order valence-electron chi connectivity index (χ4n) is 1.62. The summed E-state index contributed by atoms with van der Waals surface area (Å²) in [6.45, 7) is 4.48. The minimum Gasteiger partial charge on any atom is -0.323 e. The number of hydrogen-bond donors (Lipinski definition) is 1. The van der Waals surface area contributed by atoms with Crippen LogP contribution >= 0.6 is 27.3 Å². The lowest BCUT2D eigenvalue weighted by Crippen LogP contribution is -2.13. The van der Waals surface area contributed by atoms with Gasteiger partial charge in [0, 0.05) is 20.8 Å². The van der Waals surface area contributed by atoms with Crippen LogP contribution in [-0.2, 0) is 0 Å². The maximum Gasteiger partial charge on any atom is 0.0392 e. The topological polar surface area (TPSA) is 26.0 Å². The molecule has 0 aliphatic carbocycles. The Labute approximate surface area is 98.8 Å². The summed E-state index contributed by atoms with van der Waals surface area (Å²) in [5, 5.41) is 2.10. The molecule has 0 radical (unpaired) electrons. The normalized spacial score (nSPS) is 13.5. The summed E-state index contributed by atoms with van der Waals surface area (Å²) in [7, 11) is 0. The molecule has 1 atom stereocenters. The first kappa shape index (κ1) is 12.2. The Bertz CT molecular complexity index is 268. The van der Waals surface area contributed by atoms with E-state index in [1.165, 1.54) is 17.7 Å². The number of thiophene rings is 1. The Kier molecular flexibility index (Phi) is 5.13. The molecule has 1 unspecified atom stereocenters. The van der Waals surface area contributed by atoms with Crippen molar-refractivity contribution >= 4 is 27.3 Å². The smallest absolute Gasteiger partial charge is 0.0392 e. The number of halogens is 1. The molecule has 0 spiro atoms. The molecule has 1 aromatic heterocycles.